The highest BCUT2D eigenvalue weighted by molar-refractivity contribution is 6.33. The van der Waals surface area contributed by atoms with E-state index in [4.69, 9.17) is 16.3 Å². The van der Waals surface area contributed by atoms with E-state index in [1.165, 1.54) is 18.2 Å². The summed E-state index contributed by atoms with van der Waals surface area (Å²) in [5, 5.41) is 15.3. The van der Waals surface area contributed by atoms with Crippen LogP contribution >= 0.6 is 11.6 Å². The number of nitro groups is 1. The second-order valence-corrected chi connectivity index (χ2v) is 8.15. The molecule has 2 amide bonds. The Labute approximate surface area is 182 Å². The minimum absolute atomic E-state index is 0.0503. The van der Waals surface area contributed by atoms with Crippen LogP contribution in [-0.2, 0) is 9.59 Å². The summed E-state index contributed by atoms with van der Waals surface area (Å²) in [5.74, 6) is -0.743. The zero-order valence-electron chi connectivity index (χ0n) is 16.6. The third-order valence-corrected chi connectivity index (χ3v) is 6.57. The van der Waals surface area contributed by atoms with Gasteiger partial charge in [-0.1, -0.05) is 29.8 Å². The molecule has 0 radical (unpaired) electrons. The van der Waals surface area contributed by atoms with E-state index in [0.29, 0.717) is 12.3 Å². The molecule has 3 atom stereocenters. The molecule has 2 aromatic carbocycles. The number of carbonyl (C=O) groups excluding carboxylic acids is 2. The maximum Gasteiger partial charge on any atom is 0.289 e. The standard InChI is InChI=1S/C21H19ClN4O5/c1-31-16-6-3-2-5-13(16)18-17-19(24-10-4-9-23(18)24)21(28)25(20(17)27)12-7-8-14(22)15(11-12)26(29)30/h2-3,5-8,11,17-19H,4,9-10H2,1H3. The molecule has 3 fully saturated rings. The number of nitrogens with zero attached hydrogens (tertiary/aromatic N) is 4. The van der Waals surface area contributed by atoms with Gasteiger partial charge in [0.25, 0.3) is 11.6 Å². The molecule has 0 aromatic heterocycles. The number of hydrogen-bond donors (Lipinski definition) is 0. The molecule has 9 nitrogen and oxygen atoms in total. The van der Waals surface area contributed by atoms with Crippen LogP contribution in [0.25, 0.3) is 0 Å². The highest BCUT2D eigenvalue weighted by Crippen LogP contribution is 2.50. The number of para-hydroxylation sites is 1. The van der Waals surface area contributed by atoms with Crippen molar-refractivity contribution in [3.63, 3.8) is 0 Å². The number of methoxy groups -OCH3 is 1. The van der Waals surface area contributed by atoms with Gasteiger partial charge in [-0.15, -0.1) is 0 Å². The van der Waals surface area contributed by atoms with E-state index in [-0.39, 0.29) is 34.3 Å². The summed E-state index contributed by atoms with van der Waals surface area (Å²) in [6.07, 6.45) is 0.878. The second kappa shape index (κ2) is 7.30. The van der Waals surface area contributed by atoms with E-state index in [0.717, 1.165) is 23.4 Å². The van der Waals surface area contributed by atoms with Crippen molar-refractivity contribution in [2.24, 2.45) is 5.92 Å². The van der Waals surface area contributed by atoms with Crippen LogP contribution in [0.15, 0.2) is 42.5 Å². The zero-order chi connectivity index (χ0) is 21.9. The van der Waals surface area contributed by atoms with Crippen LogP contribution < -0.4 is 9.64 Å². The molecule has 0 bridgehead atoms. The van der Waals surface area contributed by atoms with Crippen LogP contribution in [0.1, 0.15) is 18.0 Å². The van der Waals surface area contributed by atoms with Gasteiger partial charge in [0, 0.05) is 24.7 Å². The SMILES string of the molecule is COc1ccccc1C1C2C(=O)N(c3ccc(Cl)c([N+](=O)[O-])c3)C(=O)C2N2CCCN12. The number of hydrazine groups is 1. The number of fused-ring (bicyclic) bond motifs is 3. The molecule has 5 rings (SSSR count). The Hall–Kier alpha value is -3.01. The lowest BCUT2D eigenvalue weighted by Gasteiger charge is -2.30. The quantitative estimate of drug-likeness (QED) is 0.408. The first kappa shape index (κ1) is 19.9. The number of carbonyl (C=O) groups is 2. The van der Waals surface area contributed by atoms with Gasteiger partial charge in [-0.2, -0.15) is 0 Å². The van der Waals surface area contributed by atoms with Crippen LogP contribution in [0, 0.1) is 16.0 Å². The van der Waals surface area contributed by atoms with Crippen molar-refractivity contribution in [3.05, 3.63) is 63.2 Å². The topological polar surface area (TPSA) is 96.2 Å². The number of ether oxygens (including phenoxy) is 1. The van der Waals surface area contributed by atoms with Crippen LogP contribution in [0.4, 0.5) is 11.4 Å². The van der Waals surface area contributed by atoms with Crippen LogP contribution in [0.2, 0.25) is 5.02 Å². The Kier molecular flexibility index (Phi) is 4.69. The van der Waals surface area contributed by atoms with Crippen molar-refractivity contribution >= 4 is 34.8 Å². The molecule has 0 spiro atoms. The van der Waals surface area contributed by atoms with Crippen molar-refractivity contribution < 1.29 is 19.2 Å². The van der Waals surface area contributed by atoms with E-state index in [1.54, 1.807) is 7.11 Å². The first-order chi connectivity index (χ1) is 14.9. The molecule has 0 N–H and O–H groups in total. The highest BCUT2D eigenvalue weighted by Gasteiger charge is 2.63. The molecular weight excluding hydrogens is 424 g/mol. The van der Waals surface area contributed by atoms with Crippen LogP contribution in [0.3, 0.4) is 0 Å². The third-order valence-electron chi connectivity index (χ3n) is 6.25. The van der Waals surface area contributed by atoms with Crippen LogP contribution in [-0.4, -0.2) is 53.0 Å². The Morgan fingerprint density at radius 2 is 1.77 bits per heavy atom. The van der Waals surface area contributed by atoms with Gasteiger partial charge in [0.1, 0.15) is 16.8 Å². The van der Waals surface area contributed by atoms with Gasteiger partial charge in [-0.3, -0.25) is 19.7 Å². The van der Waals surface area contributed by atoms with Gasteiger partial charge < -0.3 is 4.74 Å². The normalized spacial score (nSPS) is 25.7. The van der Waals surface area contributed by atoms with Gasteiger partial charge in [0.2, 0.25) is 5.91 Å². The van der Waals surface area contributed by atoms with Crippen molar-refractivity contribution in [3.8, 4) is 5.75 Å². The molecule has 2 aromatic rings. The van der Waals surface area contributed by atoms with Crippen molar-refractivity contribution in [2.75, 3.05) is 25.1 Å². The van der Waals surface area contributed by atoms with E-state index in [1.807, 2.05) is 29.3 Å². The Bertz CT molecular complexity index is 1110. The zero-order valence-corrected chi connectivity index (χ0v) is 17.4. The number of nitro benzene ring substituents is 1. The lowest BCUT2D eigenvalue weighted by molar-refractivity contribution is -0.384. The monoisotopic (exact) mass is 442 g/mol. The average molecular weight is 443 g/mol. The third kappa shape index (κ3) is 2.84. The molecule has 0 saturated carbocycles. The van der Waals surface area contributed by atoms with Crippen molar-refractivity contribution in [1.29, 1.82) is 0 Å². The molecule has 3 aliphatic heterocycles. The largest absolute Gasteiger partial charge is 0.496 e. The van der Waals surface area contributed by atoms with Gasteiger partial charge in [0.15, 0.2) is 0 Å². The van der Waals surface area contributed by atoms with Gasteiger partial charge >= 0.3 is 0 Å². The predicted molar refractivity (Wildman–Crippen MR) is 112 cm³/mol. The summed E-state index contributed by atoms with van der Waals surface area (Å²) in [4.78, 5) is 38.8. The molecule has 31 heavy (non-hydrogen) atoms. The fraction of sp³-hybridized carbons (Fsp3) is 0.333. The molecule has 0 aliphatic carbocycles. The number of amides is 2. The maximum atomic E-state index is 13.6. The van der Waals surface area contributed by atoms with E-state index in [9.17, 15) is 19.7 Å². The predicted octanol–water partition coefficient (Wildman–Crippen LogP) is 2.79. The number of imide groups is 1. The summed E-state index contributed by atoms with van der Waals surface area (Å²) in [5.41, 5.74) is 0.653. The van der Waals surface area contributed by atoms with Crippen molar-refractivity contribution in [2.45, 2.75) is 18.5 Å². The van der Waals surface area contributed by atoms with E-state index < -0.39 is 16.9 Å². The second-order valence-electron chi connectivity index (χ2n) is 7.74. The lowest BCUT2D eigenvalue weighted by Crippen LogP contribution is -2.44. The number of anilines is 1. The maximum absolute atomic E-state index is 13.6. The number of hydrogen-bond acceptors (Lipinski definition) is 7. The smallest absolute Gasteiger partial charge is 0.289 e. The molecule has 3 heterocycles. The summed E-state index contributed by atoms with van der Waals surface area (Å²) in [7, 11) is 1.58. The molecule has 3 unspecified atom stereocenters. The molecule has 10 heteroatoms. The van der Waals surface area contributed by atoms with Gasteiger partial charge in [-0.05, 0) is 24.6 Å². The fourth-order valence-corrected chi connectivity index (χ4v) is 5.22. The lowest BCUT2D eigenvalue weighted by atomic mass is 9.89. The number of benzene rings is 2. The first-order valence-corrected chi connectivity index (χ1v) is 10.3. The molecule has 3 aliphatic rings. The minimum Gasteiger partial charge on any atom is -0.496 e. The van der Waals surface area contributed by atoms with Gasteiger partial charge in [-0.25, -0.2) is 14.9 Å². The molecule has 3 saturated heterocycles. The molecular formula is C21H19ClN4O5. The van der Waals surface area contributed by atoms with E-state index >= 15 is 0 Å². The van der Waals surface area contributed by atoms with Gasteiger partial charge in [0.05, 0.1) is 29.7 Å². The summed E-state index contributed by atoms with van der Waals surface area (Å²) in [6.45, 7) is 1.41. The average Bonchev–Trinajstić information content (AvgIpc) is 3.40. The Morgan fingerprint density at radius 1 is 1.06 bits per heavy atom. The number of rotatable bonds is 4. The van der Waals surface area contributed by atoms with Crippen LogP contribution in [0.5, 0.6) is 5.75 Å². The first-order valence-electron chi connectivity index (χ1n) is 9.92. The highest BCUT2D eigenvalue weighted by atomic mass is 35.5. The number of halogens is 1. The Morgan fingerprint density at radius 3 is 2.48 bits per heavy atom. The van der Waals surface area contributed by atoms with Crippen molar-refractivity contribution in [1.82, 2.24) is 10.0 Å². The minimum atomic E-state index is -0.653. The molecule has 160 valence electrons. The summed E-state index contributed by atoms with van der Waals surface area (Å²) >= 11 is 5.92. The summed E-state index contributed by atoms with van der Waals surface area (Å²) < 4.78 is 5.54. The summed E-state index contributed by atoms with van der Waals surface area (Å²) in [6, 6.07) is 10.5. The Balaban J connectivity index is 1.60. The fourth-order valence-electron chi connectivity index (χ4n) is 5.03. The van der Waals surface area contributed by atoms with E-state index in [2.05, 4.69) is 5.01 Å².